The van der Waals surface area contributed by atoms with Gasteiger partial charge in [0.2, 0.25) is 5.91 Å². The number of nitrogens with zero attached hydrogens (tertiary/aromatic N) is 1. The molecule has 2 aromatic rings. The van der Waals surface area contributed by atoms with Crippen LogP contribution >= 0.6 is 0 Å². The first kappa shape index (κ1) is 19.0. The van der Waals surface area contributed by atoms with Gasteiger partial charge in [-0.3, -0.25) is 4.79 Å². The maximum absolute atomic E-state index is 12.8. The molecule has 1 atom stereocenters. The molecular formula is C21H28N2O2. The lowest BCUT2D eigenvalue weighted by molar-refractivity contribution is -0.132. The Morgan fingerprint density at radius 2 is 1.80 bits per heavy atom. The molecule has 0 aliphatic heterocycles. The zero-order chi connectivity index (χ0) is 18.1. The predicted molar refractivity (Wildman–Crippen MR) is 102 cm³/mol. The first-order valence-corrected chi connectivity index (χ1v) is 8.79. The summed E-state index contributed by atoms with van der Waals surface area (Å²) in [6.45, 7) is 4.00. The summed E-state index contributed by atoms with van der Waals surface area (Å²) in [5, 5.41) is 0. The van der Waals surface area contributed by atoms with E-state index in [-0.39, 0.29) is 11.8 Å². The van der Waals surface area contributed by atoms with Gasteiger partial charge < -0.3 is 15.4 Å². The molecule has 134 valence electrons. The van der Waals surface area contributed by atoms with E-state index >= 15 is 0 Å². The molecule has 0 heterocycles. The number of methoxy groups -OCH3 is 1. The summed E-state index contributed by atoms with van der Waals surface area (Å²) in [7, 11) is 1.65. The van der Waals surface area contributed by atoms with E-state index in [4.69, 9.17) is 10.5 Å². The summed E-state index contributed by atoms with van der Waals surface area (Å²) >= 11 is 0. The average Bonchev–Trinajstić information content (AvgIpc) is 2.65. The van der Waals surface area contributed by atoms with E-state index in [1.807, 2.05) is 47.4 Å². The van der Waals surface area contributed by atoms with Gasteiger partial charge in [0, 0.05) is 19.5 Å². The zero-order valence-electron chi connectivity index (χ0n) is 15.2. The van der Waals surface area contributed by atoms with Crippen LogP contribution in [-0.4, -0.2) is 31.0 Å². The lowest BCUT2D eigenvalue weighted by Crippen LogP contribution is -2.33. The molecule has 0 fully saturated rings. The van der Waals surface area contributed by atoms with Crippen LogP contribution in [-0.2, 0) is 11.3 Å². The summed E-state index contributed by atoms with van der Waals surface area (Å²) in [6, 6.07) is 18.0. The quantitative estimate of drug-likeness (QED) is 0.759. The standard InChI is InChI=1S/C21H28N2O2/c1-17(19-9-11-20(25-2)12-10-19)15-21(24)23(14-6-13-22)16-18-7-4-3-5-8-18/h3-5,7-12,17H,6,13-16,22H2,1-2H3. The van der Waals surface area contributed by atoms with Crippen LogP contribution in [0.15, 0.2) is 54.6 Å². The number of carbonyl (C=O) groups excluding carboxylic acids is 1. The van der Waals surface area contributed by atoms with Gasteiger partial charge in [-0.25, -0.2) is 0 Å². The van der Waals surface area contributed by atoms with Crippen molar-refractivity contribution in [2.45, 2.75) is 32.2 Å². The molecule has 4 nitrogen and oxygen atoms in total. The van der Waals surface area contributed by atoms with Crippen molar-refractivity contribution < 1.29 is 9.53 Å². The molecule has 0 aliphatic rings. The zero-order valence-corrected chi connectivity index (χ0v) is 15.2. The second-order valence-corrected chi connectivity index (χ2v) is 6.32. The number of amides is 1. The second-order valence-electron chi connectivity index (χ2n) is 6.32. The molecule has 0 saturated heterocycles. The largest absolute Gasteiger partial charge is 0.497 e. The Kier molecular flexibility index (Phi) is 7.48. The van der Waals surface area contributed by atoms with Gasteiger partial charge in [0.15, 0.2) is 0 Å². The van der Waals surface area contributed by atoms with Gasteiger partial charge in [-0.2, -0.15) is 0 Å². The Morgan fingerprint density at radius 1 is 1.12 bits per heavy atom. The van der Waals surface area contributed by atoms with Crippen LogP contribution in [0.1, 0.15) is 36.8 Å². The maximum atomic E-state index is 12.8. The number of benzene rings is 2. The number of rotatable bonds is 9. The SMILES string of the molecule is COc1ccc(C(C)CC(=O)N(CCCN)Cc2ccccc2)cc1. The van der Waals surface area contributed by atoms with Gasteiger partial charge in [0.1, 0.15) is 5.75 Å². The molecule has 0 saturated carbocycles. The Bertz CT molecular complexity index is 641. The van der Waals surface area contributed by atoms with E-state index in [2.05, 4.69) is 19.1 Å². The van der Waals surface area contributed by atoms with Crippen molar-refractivity contribution in [2.75, 3.05) is 20.2 Å². The van der Waals surface area contributed by atoms with Crippen molar-refractivity contribution in [3.05, 3.63) is 65.7 Å². The van der Waals surface area contributed by atoms with E-state index in [9.17, 15) is 4.79 Å². The van der Waals surface area contributed by atoms with Crippen molar-refractivity contribution in [3.8, 4) is 5.75 Å². The smallest absolute Gasteiger partial charge is 0.223 e. The molecule has 0 bridgehead atoms. The number of hydrogen-bond acceptors (Lipinski definition) is 3. The van der Waals surface area contributed by atoms with Crippen molar-refractivity contribution in [1.82, 2.24) is 4.90 Å². The minimum absolute atomic E-state index is 0.162. The maximum Gasteiger partial charge on any atom is 0.223 e. The average molecular weight is 340 g/mol. The van der Waals surface area contributed by atoms with Crippen molar-refractivity contribution >= 4 is 5.91 Å². The fraction of sp³-hybridized carbons (Fsp3) is 0.381. The highest BCUT2D eigenvalue weighted by molar-refractivity contribution is 5.77. The van der Waals surface area contributed by atoms with Crippen LogP contribution in [0.5, 0.6) is 5.75 Å². The number of hydrogen-bond donors (Lipinski definition) is 1. The summed E-state index contributed by atoms with van der Waals surface area (Å²) < 4.78 is 5.19. The van der Waals surface area contributed by atoms with Crippen molar-refractivity contribution in [1.29, 1.82) is 0 Å². The molecule has 25 heavy (non-hydrogen) atoms. The monoisotopic (exact) mass is 340 g/mol. The molecule has 0 aromatic heterocycles. The van der Waals surface area contributed by atoms with Gasteiger partial charge >= 0.3 is 0 Å². The fourth-order valence-corrected chi connectivity index (χ4v) is 2.82. The molecule has 2 aromatic carbocycles. The highest BCUT2D eigenvalue weighted by Crippen LogP contribution is 2.23. The Labute approximate surface area is 150 Å². The summed E-state index contributed by atoms with van der Waals surface area (Å²) in [5.41, 5.74) is 7.93. The molecule has 0 aliphatic carbocycles. The molecular weight excluding hydrogens is 312 g/mol. The minimum Gasteiger partial charge on any atom is -0.497 e. The van der Waals surface area contributed by atoms with Crippen LogP contribution < -0.4 is 10.5 Å². The van der Waals surface area contributed by atoms with Gasteiger partial charge in [-0.1, -0.05) is 49.4 Å². The number of carbonyl (C=O) groups is 1. The molecule has 1 amide bonds. The lowest BCUT2D eigenvalue weighted by atomic mass is 9.97. The van der Waals surface area contributed by atoms with Gasteiger partial charge in [0.05, 0.1) is 7.11 Å². The Hall–Kier alpha value is -2.33. The summed E-state index contributed by atoms with van der Waals surface area (Å²) in [5.74, 6) is 1.16. The van der Waals surface area contributed by atoms with E-state index < -0.39 is 0 Å². The molecule has 0 spiro atoms. The Balaban J connectivity index is 2.01. The molecule has 0 radical (unpaired) electrons. The van der Waals surface area contributed by atoms with Gasteiger partial charge in [-0.05, 0) is 42.1 Å². The fourth-order valence-electron chi connectivity index (χ4n) is 2.82. The van der Waals surface area contributed by atoms with E-state index in [1.54, 1.807) is 7.11 Å². The highest BCUT2D eigenvalue weighted by Gasteiger charge is 2.18. The molecule has 2 N–H and O–H groups in total. The van der Waals surface area contributed by atoms with E-state index in [0.717, 1.165) is 23.3 Å². The van der Waals surface area contributed by atoms with Gasteiger partial charge in [-0.15, -0.1) is 0 Å². The van der Waals surface area contributed by atoms with Crippen LogP contribution in [0, 0.1) is 0 Å². The van der Waals surface area contributed by atoms with E-state index in [0.29, 0.717) is 26.1 Å². The van der Waals surface area contributed by atoms with Crippen LogP contribution in [0.3, 0.4) is 0 Å². The molecule has 2 rings (SSSR count). The van der Waals surface area contributed by atoms with Crippen molar-refractivity contribution in [2.24, 2.45) is 5.73 Å². The number of nitrogens with two attached hydrogens (primary N) is 1. The summed E-state index contributed by atoms with van der Waals surface area (Å²) in [4.78, 5) is 14.7. The summed E-state index contributed by atoms with van der Waals surface area (Å²) in [6.07, 6.45) is 1.30. The molecule has 1 unspecified atom stereocenters. The third kappa shape index (κ3) is 5.91. The first-order chi connectivity index (χ1) is 12.1. The normalized spacial score (nSPS) is 11.8. The van der Waals surface area contributed by atoms with Gasteiger partial charge in [0.25, 0.3) is 0 Å². The lowest BCUT2D eigenvalue weighted by Gasteiger charge is -2.24. The highest BCUT2D eigenvalue weighted by atomic mass is 16.5. The predicted octanol–water partition coefficient (Wildman–Crippen LogP) is 3.57. The van der Waals surface area contributed by atoms with Crippen LogP contribution in [0.4, 0.5) is 0 Å². The minimum atomic E-state index is 0.162. The Morgan fingerprint density at radius 3 is 2.40 bits per heavy atom. The topological polar surface area (TPSA) is 55.6 Å². The molecule has 4 heteroatoms. The van der Waals surface area contributed by atoms with Crippen LogP contribution in [0.2, 0.25) is 0 Å². The van der Waals surface area contributed by atoms with Crippen molar-refractivity contribution in [3.63, 3.8) is 0 Å². The third-order valence-corrected chi connectivity index (χ3v) is 4.37. The second kappa shape index (κ2) is 9.84. The first-order valence-electron chi connectivity index (χ1n) is 8.79. The van der Waals surface area contributed by atoms with Crippen LogP contribution in [0.25, 0.3) is 0 Å². The third-order valence-electron chi connectivity index (χ3n) is 4.37. The van der Waals surface area contributed by atoms with E-state index in [1.165, 1.54) is 0 Å². The number of ether oxygens (including phenoxy) is 1.